The zero-order valence-corrected chi connectivity index (χ0v) is 4.85. The molecule has 0 aliphatic carbocycles. The Morgan fingerprint density at radius 3 is 2.75 bits per heavy atom. The molecule has 0 bridgehead atoms. The molecule has 1 aliphatic heterocycles. The van der Waals surface area contributed by atoms with Crippen LogP contribution >= 0.6 is 0 Å². The summed E-state index contributed by atoms with van der Waals surface area (Å²) in [6.07, 6.45) is 3.49. The maximum absolute atomic E-state index is 8.38. The van der Waals surface area contributed by atoms with Gasteiger partial charge in [-0.25, -0.2) is 0 Å². The van der Waals surface area contributed by atoms with E-state index in [1.165, 1.54) is 12.8 Å². The zero-order chi connectivity index (χ0) is 5.82. The summed E-state index contributed by atoms with van der Waals surface area (Å²) in [7, 11) is 0. The van der Waals surface area contributed by atoms with E-state index in [0.717, 1.165) is 13.0 Å². The number of hydrogen-bond acceptors (Lipinski definition) is 2. The first-order valence-electron chi connectivity index (χ1n) is 3.06. The Bertz CT molecular complexity index is 97.6. The summed E-state index contributed by atoms with van der Waals surface area (Å²) in [5, 5.41) is 11.5. The highest BCUT2D eigenvalue weighted by Gasteiger charge is 2.09. The standard InChI is InChI=1S/C6H10N2/c7-5-6-3-1-2-4-8-6/h6,8H,1-4H2. The molecule has 1 fully saturated rings. The molecule has 1 saturated heterocycles. The predicted octanol–water partition coefficient (Wildman–Crippen LogP) is 0.652. The van der Waals surface area contributed by atoms with Crippen molar-refractivity contribution < 1.29 is 0 Å². The van der Waals surface area contributed by atoms with Crippen LogP contribution in [0.2, 0.25) is 0 Å². The molecule has 2 heteroatoms. The van der Waals surface area contributed by atoms with E-state index in [4.69, 9.17) is 5.26 Å². The lowest BCUT2D eigenvalue weighted by Gasteiger charge is -2.15. The van der Waals surface area contributed by atoms with Crippen LogP contribution in [-0.2, 0) is 0 Å². The summed E-state index contributed by atoms with van der Waals surface area (Å²) in [6.45, 7) is 1.03. The average molecular weight is 110 g/mol. The molecule has 1 rings (SSSR count). The molecule has 0 aromatic carbocycles. The Kier molecular flexibility index (Phi) is 1.87. The van der Waals surface area contributed by atoms with Gasteiger partial charge in [-0.1, -0.05) is 0 Å². The number of nitrogens with zero attached hydrogens (tertiary/aromatic N) is 1. The first-order chi connectivity index (χ1) is 3.93. The van der Waals surface area contributed by atoms with Gasteiger partial charge in [-0.15, -0.1) is 0 Å². The summed E-state index contributed by atoms with van der Waals surface area (Å²) in [4.78, 5) is 0. The van der Waals surface area contributed by atoms with Crippen molar-refractivity contribution in [3.05, 3.63) is 0 Å². The maximum atomic E-state index is 8.38. The van der Waals surface area contributed by atoms with E-state index in [0.29, 0.717) is 0 Å². The van der Waals surface area contributed by atoms with Crippen LogP contribution in [0.3, 0.4) is 0 Å². The van der Waals surface area contributed by atoms with E-state index < -0.39 is 0 Å². The Morgan fingerprint density at radius 1 is 1.50 bits per heavy atom. The van der Waals surface area contributed by atoms with Gasteiger partial charge in [0, 0.05) is 0 Å². The van der Waals surface area contributed by atoms with Crippen LogP contribution < -0.4 is 5.32 Å². The fraction of sp³-hybridized carbons (Fsp3) is 0.833. The molecular weight excluding hydrogens is 100 g/mol. The van der Waals surface area contributed by atoms with E-state index >= 15 is 0 Å². The lowest BCUT2D eigenvalue weighted by molar-refractivity contribution is 0.461. The van der Waals surface area contributed by atoms with E-state index in [2.05, 4.69) is 11.4 Å². The van der Waals surface area contributed by atoms with Gasteiger partial charge in [0.15, 0.2) is 0 Å². The third-order valence-electron chi connectivity index (χ3n) is 1.47. The maximum Gasteiger partial charge on any atom is 0.0953 e. The molecule has 0 aromatic heterocycles. The zero-order valence-electron chi connectivity index (χ0n) is 4.85. The average Bonchev–Trinajstić information content (AvgIpc) is 1.90. The highest BCUT2D eigenvalue weighted by molar-refractivity contribution is 4.91. The van der Waals surface area contributed by atoms with Gasteiger partial charge in [0.2, 0.25) is 0 Å². The number of nitrogens with one attached hydrogen (secondary N) is 1. The summed E-state index contributed by atoms with van der Waals surface area (Å²) in [5.41, 5.74) is 0. The Balaban J connectivity index is 2.25. The second kappa shape index (κ2) is 2.68. The van der Waals surface area contributed by atoms with Gasteiger partial charge in [0.25, 0.3) is 0 Å². The van der Waals surface area contributed by atoms with Gasteiger partial charge in [-0.05, 0) is 25.8 Å². The number of nitriles is 1. The molecule has 0 spiro atoms. The van der Waals surface area contributed by atoms with Gasteiger partial charge in [0.1, 0.15) is 0 Å². The van der Waals surface area contributed by atoms with Gasteiger partial charge in [-0.3, -0.25) is 0 Å². The molecule has 2 nitrogen and oxygen atoms in total. The van der Waals surface area contributed by atoms with Crippen LogP contribution in [0.4, 0.5) is 0 Å². The molecule has 0 aromatic rings. The highest BCUT2D eigenvalue weighted by atomic mass is 14.9. The van der Waals surface area contributed by atoms with Crippen molar-refractivity contribution in [2.75, 3.05) is 6.54 Å². The summed E-state index contributed by atoms with van der Waals surface area (Å²) >= 11 is 0. The summed E-state index contributed by atoms with van der Waals surface area (Å²) in [6, 6.07) is 2.34. The molecule has 1 aliphatic rings. The molecule has 1 atom stereocenters. The molecule has 1 N–H and O–H groups in total. The molecule has 44 valence electrons. The van der Waals surface area contributed by atoms with Crippen molar-refractivity contribution in [2.24, 2.45) is 0 Å². The lowest BCUT2D eigenvalue weighted by Crippen LogP contribution is -2.32. The van der Waals surface area contributed by atoms with E-state index in [1.54, 1.807) is 0 Å². The van der Waals surface area contributed by atoms with Crippen LogP contribution in [0.15, 0.2) is 0 Å². The predicted molar refractivity (Wildman–Crippen MR) is 31.3 cm³/mol. The van der Waals surface area contributed by atoms with Crippen LogP contribution in [0.25, 0.3) is 0 Å². The molecule has 1 heterocycles. The first kappa shape index (κ1) is 5.58. The second-order valence-corrected chi connectivity index (χ2v) is 2.13. The number of rotatable bonds is 0. The van der Waals surface area contributed by atoms with Crippen molar-refractivity contribution in [2.45, 2.75) is 25.3 Å². The van der Waals surface area contributed by atoms with Gasteiger partial charge >= 0.3 is 0 Å². The molecule has 0 radical (unpaired) electrons. The third kappa shape index (κ3) is 1.21. The van der Waals surface area contributed by atoms with Crippen LogP contribution in [0.5, 0.6) is 0 Å². The van der Waals surface area contributed by atoms with Gasteiger partial charge in [-0.2, -0.15) is 5.26 Å². The number of hydrogen-bond donors (Lipinski definition) is 1. The lowest BCUT2D eigenvalue weighted by atomic mass is 10.1. The minimum absolute atomic E-state index is 0.142. The Hall–Kier alpha value is -0.550. The molecule has 8 heavy (non-hydrogen) atoms. The Morgan fingerprint density at radius 2 is 2.38 bits per heavy atom. The SMILES string of the molecule is N#CC1CCCCN1. The highest BCUT2D eigenvalue weighted by Crippen LogP contribution is 2.04. The van der Waals surface area contributed by atoms with E-state index in [1.807, 2.05) is 0 Å². The van der Waals surface area contributed by atoms with Crippen LogP contribution in [-0.4, -0.2) is 12.6 Å². The minimum Gasteiger partial charge on any atom is -0.302 e. The van der Waals surface area contributed by atoms with Crippen molar-refractivity contribution in [3.8, 4) is 6.07 Å². The van der Waals surface area contributed by atoms with E-state index in [-0.39, 0.29) is 6.04 Å². The topological polar surface area (TPSA) is 35.8 Å². The van der Waals surface area contributed by atoms with E-state index in [9.17, 15) is 0 Å². The summed E-state index contributed by atoms with van der Waals surface area (Å²) in [5.74, 6) is 0. The van der Waals surface area contributed by atoms with Gasteiger partial charge in [0.05, 0.1) is 12.1 Å². The fourth-order valence-corrected chi connectivity index (χ4v) is 0.962. The second-order valence-electron chi connectivity index (χ2n) is 2.13. The third-order valence-corrected chi connectivity index (χ3v) is 1.47. The smallest absolute Gasteiger partial charge is 0.0953 e. The van der Waals surface area contributed by atoms with Crippen molar-refractivity contribution in [1.82, 2.24) is 5.32 Å². The normalized spacial score (nSPS) is 29.1. The molecular formula is C6H10N2. The Labute approximate surface area is 49.5 Å². The minimum atomic E-state index is 0.142. The van der Waals surface area contributed by atoms with Gasteiger partial charge < -0.3 is 5.32 Å². The molecule has 1 unspecified atom stereocenters. The van der Waals surface area contributed by atoms with Crippen molar-refractivity contribution in [3.63, 3.8) is 0 Å². The fourth-order valence-electron chi connectivity index (χ4n) is 0.962. The number of piperidine rings is 1. The summed E-state index contributed by atoms with van der Waals surface area (Å²) < 4.78 is 0. The monoisotopic (exact) mass is 110 g/mol. The quantitative estimate of drug-likeness (QED) is 0.497. The largest absolute Gasteiger partial charge is 0.302 e. The van der Waals surface area contributed by atoms with Crippen molar-refractivity contribution in [1.29, 1.82) is 5.26 Å². The van der Waals surface area contributed by atoms with Crippen LogP contribution in [0, 0.1) is 11.3 Å². The first-order valence-corrected chi connectivity index (χ1v) is 3.06. The van der Waals surface area contributed by atoms with Crippen LogP contribution in [0.1, 0.15) is 19.3 Å². The molecule has 0 saturated carbocycles. The van der Waals surface area contributed by atoms with Crippen molar-refractivity contribution >= 4 is 0 Å². The molecule has 0 amide bonds.